The Labute approximate surface area is 150 Å². The molecule has 0 aliphatic carbocycles. The third-order valence-electron chi connectivity index (χ3n) is 3.56. The van der Waals surface area contributed by atoms with Crippen molar-refractivity contribution in [2.75, 3.05) is 6.61 Å². The Morgan fingerprint density at radius 3 is 2.84 bits per heavy atom. The first-order valence-electron chi connectivity index (χ1n) is 7.77. The second-order valence-electron chi connectivity index (χ2n) is 5.40. The first kappa shape index (κ1) is 17.0. The van der Waals surface area contributed by atoms with Crippen LogP contribution in [0.3, 0.4) is 0 Å². The van der Waals surface area contributed by atoms with E-state index in [-0.39, 0.29) is 5.69 Å². The molecule has 6 nitrogen and oxygen atoms in total. The molecule has 0 atom stereocenters. The molecule has 1 aromatic carbocycles. The van der Waals surface area contributed by atoms with E-state index < -0.39 is 5.91 Å². The molecule has 3 rings (SSSR count). The van der Waals surface area contributed by atoms with Crippen LogP contribution in [0.25, 0.3) is 11.1 Å². The van der Waals surface area contributed by atoms with Gasteiger partial charge in [0.1, 0.15) is 5.69 Å². The summed E-state index contributed by atoms with van der Waals surface area (Å²) in [7, 11) is 0. The van der Waals surface area contributed by atoms with Crippen LogP contribution < -0.4 is 10.5 Å². The summed E-state index contributed by atoms with van der Waals surface area (Å²) in [5, 5.41) is 4.78. The van der Waals surface area contributed by atoms with Gasteiger partial charge in [-0.1, -0.05) is 23.7 Å². The molecule has 0 bridgehead atoms. The van der Waals surface area contributed by atoms with Gasteiger partial charge in [0.05, 0.1) is 13.2 Å². The van der Waals surface area contributed by atoms with Crippen LogP contribution in [0.5, 0.6) is 5.88 Å². The normalized spacial score (nSPS) is 10.6. The number of hydrogen-bond acceptors (Lipinski definition) is 4. The first-order valence-corrected chi connectivity index (χ1v) is 8.15. The summed E-state index contributed by atoms with van der Waals surface area (Å²) < 4.78 is 7.27. The fraction of sp³-hybridized carbons (Fsp3) is 0.167. The third-order valence-corrected chi connectivity index (χ3v) is 3.80. The van der Waals surface area contributed by atoms with Crippen LogP contribution in [0.2, 0.25) is 5.02 Å². The van der Waals surface area contributed by atoms with E-state index in [1.165, 1.54) is 0 Å². The zero-order valence-electron chi connectivity index (χ0n) is 13.6. The zero-order chi connectivity index (χ0) is 17.8. The van der Waals surface area contributed by atoms with Gasteiger partial charge in [0.25, 0.3) is 5.91 Å². The molecule has 2 aromatic heterocycles. The van der Waals surface area contributed by atoms with Gasteiger partial charge in [-0.15, -0.1) is 0 Å². The maximum absolute atomic E-state index is 11.2. The molecule has 7 heteroatoms. The van der Waals surface area contributed by atoms with Crippen LogP contribution in [0.15, 0.2) is 48.8 Å². The largest absolute Gasteiger partial charge is 0.478 e. The summed E-state index contributed by atoms with van der Waals surface area (Å²) in [6, 6.07) is 11.1. The molecular weight excluding hydrogens is 340 g/mol. The molecule has 1 amide bonds. The second-order valence-corrected chi connectivity index (χ2v) is 5.84. The molecule has 2 N–H and O–H groups in total. The fourth-order valence-corrected chi connectivity index (χ4v) is 2.66. The molecular formula is C18H17ClN4O2. The van der Waals surface area contributed by atoms with E-state index in [1.807, 2.05) is 37.3 Å². The predicted molar refractivity (Wildman–Crippen MR) is 95.7 cm³/mol. The number of carbonyl (C=O) groups is 1. The number of amides is 1. The molecule has 25 heavy (non-hydrogen) atoms. The molecule has 0 aliphatic rings. The van der Waals surface area contributed by atoms with Gasteiger partial charge >= 0.3 is 0 Å². The number of aromatic nitrogens is 3. The van der Waals surface area contributed by atoms with E-state index in [4.69, 9.17) is 22.1 Å². The van der Waals surface area contributed by atoms with Crippen molar-refractivity contribution in [3.63, 3.8) is 0 Å². The number of halogens is 1. The monoisotopic (exact) mass is 356 g/mol. The predicted octanol–water partition coefficient (Wildman–Crippen LogP) is 3.14. The zero-order valence-corrected chi connectivity index (χ0v) is 14.4. The molecule has 0 fully saturated rings. The molecule has 0 aliphatic heterocycles. The highest BCUT2D eigenvalue weighted by Gasteiger charge is 2.11. The van der Waals surface area contributed by atoms with Crippen LogP contribution in [0.1, 0.15) is 23.0 Å². The van der Waals surface area contributed by atoms with E-state index in [1.54, 1.807) is 23.1 Å². The van der Waals surface area contributed by atoms with E-state index in [2.05, 4.69) is 10.1 Å². The molecule has 0 spiro atoms. The smallest absolute Gasteiger partial charge is 0.269 e. The van der Waals surface area contributed by atoms with Crippen molar-refractivity contribution in [1.82, 2.24) is 14.8 Å². The highest BCUT2D eigenvalue weighted by molar-refractivity contribution is 6.30. The van der Waals surface area contributed by atoms with Crippen LogP contribution in [-0.4, -0.2) is 27.3 Å². The number of benzene rings is 1. The van der Waals surface area contributed by atoms with E-state index in [0.717, 1.165) is 16.7 Å². The van der Waals surface area contributed by atoms with Gasteiger partial charge in [-0.25, -0.2) is 4.98 Å². The Balaban J connectivity index is 1.95. The van der Waals surface area contributed by atoms with Gasteiger partial charge in [-0.2, -0.15) is 5.10 Å². The topological polar surface area (TPSA) is 83.0 Å². The van der Waals surface area contributed by atoms with Crippen LogP contribution in [0.4, 0.5) is 0 Å². The molecule has 2 heterocycles. The number of pyridine rings is 1. The quantitative estimate of drug-likeness (QED) is 0.735. The standard InChI is InChI=1S/C18H17ClN4O2/c1-2-25-18-15(13-4-3-5-14(19)9-13)8-12(10-21-18)11-23-7-6-16(22-23)17(20)24/h3-10H,2,11H2,1H3,(H2,20,24). The second kappa shape index (κ2) is 7.36. The Hall–Kier alpha value is -2.86. The Kier molecular flexibility index (Phi) is 5.00. The number of primary amides is 1. The lowest BCUT2D eigenvalue weighted by Gasteiger charge is -2.12. The van der Waals surface area contributed by atoms with Crippen molar-refractivity contribution in [3.8, 4) is 17.0 Å². The van der Waals surface area contributed by atoms with Crippen molar-refractivity contribution in [2.45, 2.75) is 13.5 Å². The summed E-state index contributed by atoms with van der Waals surface area (Å²) in [4.78, 5) is 15.6. The highest BCUT2D eigenvalue weighted by atomic mass is 35.5. The lowest BCUT2D eigenvalue weighted by atomic mass is 10.1. The number of hydrogen-bond donors (Lipinski definition) is 1. The van der Waals surface area contributed by atoms with Gasteiger partial charge in [0.2, 0.25) is 5.88 Å². The number of nitrogens with zero attached hydrogens (tertiary/aromatic N) is 3. The summed E-state index contributed by atoms with van der Waals surface area (Å²) in [6.07, 6.45) is 3.43. The fourth-order valence-electron chi connectivity index (χ4n) is 2.46. The Bertz CT molecular complexity index is 908. The summed E-state index contributed by atoms with van der Waals surface area (Å²) in [5.74, 6) is -0.00464. The molecule has 3 aromatic rings. The van der Waals surface area contributed by atoms with Gasteiger partial charge in [0.15, 0.2) is 0 Å². The number of rotatable bonds is 6. The Morgan fingerprint density at radius 1 is 1.32 bits per heavy atom. The average Bonchev–Trinajstić information content (AvgIpc) is 3.05. The average molecular weight is 357 g/mol. The minimum Gasteiger partial charge on any atom is -0.478 e. The van der Waals surface area contributed by atoms with Crippen molar-refractivity contribution in [1.29, 1.82) is 0 Å². The molecule has 0 unspecified atom stereocenters. The molecule has 128 valence electrons. The van der Waals surface area contributed by atoms with Crippen molar-refractivity contribution in [3.05, 3.63) is 65.1 Å². The first-order chi connectivity index (χ1) is 12.1. The van der Waals surface area contributed by atoms with E-state index in [9.17, 15) is 4.79 Å². The summed E-state index contributed by atoms with van der Waals surface area (Å²) in [6.45, 7) is 2.88. The SMILES string of the molecule is CCOc1ncc(Cn2ccc(C(N)=O)n2)cc1-c1cccc(Cl)c1. The maximum Gasteiger partial charge on any atom is 0.269 e. The van der Waals surface area contributed by atoms with Crippen LogP contribution in [-0.2, 0) is 6.54 Å². The number of nitrogens with two attached hydrogens (primary N) is 1. The van der Waals surface area contributed by atoms with Gasteiger partial charge < -0.3 is 10.5 Å². The van der Waals surface area contributed by atoms with Gasteiger partial charge in [-0.3, -0.25) is 9.48 Å². The lowest BCUT2D eigenvalue weighted by molar-refractivity contribution is 0.0995. The molecule has 0 saturated heterocycles. The van der Waals surface area contributed by atoms with Crippen LogP contribution in [0, 0.1) is 0 Å². The molecule has 0 radical (unpaired) electrons. The molecule has 0 saturated carbocycles. The lowest BCUT2D eigenvalue weighted by Crippen LogP contribution is -2.12. The summed E-state index contributed by atoms with van der Waals surface area (Å²) >= 11 is 6.11. The maximum atomic E-state index is 11.2. The minimum absolute atomic E-state index is 0.231. The van der Waals surface area contributed by atoms with Crippen molar-refractivity contribution >= 4 is 17.5 Å². The van der Waals surface area contributed by atoms with Gasteiger partial charge in [0, 0.05) is 23.0 Å². The van der Waals surface area contributed by atoms with Crippen LogP contribution >= 0.6 is 11.6 Å². The minimum atomic E-state index is -0.553. The number of carbonyl (C=O) groups excluding carboxylic acids is 1. The van der Waals surface area contributed by atoms with E-state index in [0.29, 0.717) is 24.1 Å². The van der Waals surface area contributed by atoms with Crippen molar-refractivity contribution in [2.24, 2.45) is 5.73 Å². The summed E-state index contributed by atoms with van der Waals surface area (Å²) in [5.41, 5.74) is 8.15. The van der Waals surface area contributed by atoms with E-state index >= 15 is 0 Å². The highest BCUT2D eigenvalue weighted by Crippen LogP contribution is 2.30. The Morgan fingerprint density at radius 2 is 2.16 bits per heavy atom. The van der Waals surface area contributed by atoms with Crippen molar-refractivity contribution < 1.29 is 9.53 Å². The van der Waals surface area contributed by atoms with Gasteiger partial charge in [-0.05, 0) is 42.3 Å². The third kappa shape index (κ3) is 3.97. The number of ether oxygens (including phenoxy) is 1.